The highest BCUT2D eigenvalue weighted by Crippen LogP contribution is 2.23. The van der Waals surface area contributed by atoms with E-state index in [0.717, 1.165) is 30.5 Å². The predicted molar refractivity (Wildman–Crippen MR) is 93.1 cm³/mol. The second-order valence-electron chi connectivity index (χ2n) is 6.46. The number of aryl methyl sites for hydroxylation is 1. The summed E-state index contributed by atoms with van der Waals surface area (Å²) in [6.07, 6.45) is 2.70. The van der Waals surface area contributed by atoms with Crippen LogP contribution in [0.3, 0.4) is 0 Å². The number of aromatic nitrogens is 2. The first-order valence-corrected chi connectivity index (χ1v) is 8.67. The first-order chi connectivity index (χ1) is 11.7. The third kappa shape index (κ3) is 3.67. The highest BCUT2D eigenvalue weighted by Gasteiger charge is 2.26. The van der Waals surface area contributed by atoms with Gasteiger partial charge in [0.1, 0.15) is 0 Å². The van der Waals surface area contributed by atoms with Gasteiger partial charge >= 0.3 is 0 Å². The van der Waals surface area contributed by atoms with E-state index in [1.54, 1.807) is 0 Å². The second kappa shape index (κ2) is 7.62. The van der Waals surface area contributed by atoms with Crippen molar-refractivity contribution in [3.05, 3.63) is 52.8 Å². The van der Waals surface area contributed by atoms with E-state index in [0.29, 0.717) is 25.5 Å². The van der Waals surface area contributed by atoms with Crippen molar-refractivity contribution in [3.63, 3.8) is 0 Å². The monoisotopic (exact) mass is 327 g/mol. The number of carbonyl (C=O) groups is 1. The Morgan fingerprint density at radius 2 is 2.12 bits per heavy atom. The third-order valence-electron chi connectivity index (χ3n) is 4.32. The maximum absolute atomic E-state index is 12.5. The first kappa shape index (κ1) is 16.7. The molecule has 0 bridgehead atoms. The maximum Gasteiger partial charge on any atom is 0.272 e. The van der Waals surface area contributed by atoms with Crippen LogP contribution in [0.2, 0.25) is 0 Å². The van der Waals surface area contributed by atoms with E-state index in [2.05, 4.69) is 36.4 Å². The van der Waals surface area contributed by atoms with Gasteiger partial charge in [-0.2, -0.15) is 5.10 Å². The Labute approximate surface area is 143 Å². The van der Waals surface area contributed by atoms with E-state index in [9.17, 15) is 4.79 Å². The van der Waals surface area contributed by atoms with Gasteiger partial charge in [0.05, 0.1) is 13.2 Å². The lowest BCUT2D eigenvalue weighted by atomic mass is 10.1. The van der Waals surface area contributed by atoms with Crippen LogP contribution in [0.1, 0.15) is 53.6 Å². The molecule has 0 saturated heterocycles. The van der Waals surface area contributed by atoms with E-state index in [1.807, 2.05) is 22.9 Å². The number of amides is 1. The SMILES string of the molecule is CC(C)n1nc(C(=O)NCCCc2ccccc2)c2c1CCOC2. The number of benzene rings is 1. The molecule has 0 unspecified atom stereocenters. The number of hydrogen-bond acceptors (Lipinski definition) is 3. The molecule has 1 aromatic heterocycles. The number of hydrogen-bond donors (Lipinski definition) is 1. The smallest absolute Gasteiger partial charge is 0.272 e. The summed E-state index contributed by atoms with van der Waals surface area (Å²) < 4.78 is 7.50. The maximum atomic E-state index is 12.5. The Morgan fingerprint density at radius 1 is 1.33 bits per heavy atom. The molecule has 0 aliphatic carbocycles. The quantitative estimate of drug-likeness (QED) is 0.830. The van der Waals surface area contributed by atoms with Gasteiger partial charge in [0.15, 0.2) is 5.69 Å². The van der Waals surface area contributed by atoms with Gasteiger partial charge in [0.2, 0.25) is 0 Å². The summed E-state index contributed by atoms with van der Waals surface area (Å²) in [4.78, 5) is 12.5. The lowest BCUT2D eigenvalue weighted by molar-refractivity contribution is 0.0924. The van der Waals surface area contributed by atoms with Gasteiger partial charge in [-0.1, -0.05) is 30.3 Å². The molecule has 0 fully saturated rings. The Morgan fingerprint density at radius 3 is 2.88 bits per heavy atom. The normalized spacial score (nSPS) is 13.8. The van der Waals surface area contributed by atoms with Gasteiger partial charge in [-0.25, -0.2) is 0 Å². The van der Waals surface area contributed by atoms with Crippen molar-refractivity contribution in [1.29, 1.82) is 0 Å². The Kier molecular flexibility index (Phi) is 5.30. The summed E-state index contributed by atoms with van der Waals surface area (Å²) in [5.74, 6) is -0.0933. The lowest BCUT2D eigenvalue weighted by Crippen LogP contribution is -2.26. The van der Waals surface area contributed by atoms with E-state index in [1.165, 1.54) is 5.56 Å². The van der Waals surface area contributed by atoms with Crippen molar-refractivity contribution < 1.29 is 9.53 Å². The molecule has 0 atom stereocenters. The van der Waals surface area contributed by atoms with Crippen molar-refractivity contribution in [2.45, 2.75) is 45.8 Å². The molecule has 1 aliphatic rings. The molecule has 1 aromatic carbocycles. The number of nitrogens with zero attached hydrogens (tertiary/aromatic N) is 2. The Bertz CT molecular complexity index is 692. The van der Waals surface area contributed by atoms with Gasteiger partial charge in [-0.05, 0) is 32.3 Å². The van der Waals surface area contributed by atoms with Crippen molar-refractivity contribution in [2.24, 2.45) is 0 Å². The zero-order chi connectivity index (χ0) is 16.9. The number of fused-ring (bicyclic) bond motifs is 1. The summed E-state index contributed by atoms with van der Waals surface area (Å²) in [7, 11) is 0. The molecular weight excluding hydrogens is 302 g/mol. The largest absolute Gasteiger partial charge is 0.376 e. The van der Waals surface area contributed by atoms with Crippen molar-refractivity contribution in [3.8, 4) is 0 Å². The summed E-state index contributed by atoms with van der Waals surface area (Å²) in [5.41, 5.74) is 3.92. The van der Waals surface area contributed by atoms with Crippen molar-refractivity contribution in [1.82, 2.24) is 15.1 Å². The molecule has 24 heavy (non-hydrogen) atoms. The molecule has 3 rings (SSSR count). The van der Waals surface area contributed by atoms with Crippen LogP contribution in [-0.4, -0.2) is 28.8 Å². The van der Waals surface area contributed by atoms with E-state index >= 15 is 0 Å². The zero-order valence-corrected chi connectivity index (χ0v) is 14.4. The third-order valence-corrected chi connectivity index (χ3v) is 4.32. The average Bonchev–Trinajstić information content (AvgIpc) is 2.99. The standard InChI is InChI=1S/C19H25N3O2/c1-14(2)22-17-10-12-24-13-16(17)18(21-22)19(23)20-11-6-9-15-7-4-3-5-8-15/h3-5,7-8,14H,6,9-13H2,1-2H3,(H,20,23). The molecule has 2 aromatic rings. The first-order valence-electron chi connectivity index (χ1n) is 8.67. The second-order valence-corrected chi connectivity index (χ2v) is 6.46. The van der Waals surface area contributed by atoms with E-state index in [4.69, 9.17) is 4.74 Å². The molecule has 0 radical (unpaired) electrons. The fourth-order valence-corrected chi connectivity index (χ4v) is 3.10. The van der Waals surface area contributed by atoms with Crippen LogP contribution in [-0.2, 0) is 24.2 Å². The van der Waals surface area contributed by atoms with Crippen LogP contribution < -0.4 is 5.32 Å². The zero-order valence-electron chi connectivity index (χ0n) is 14.4. The van der Waals surface area contributed by atoms with Crippen LogP contribution in [0.4, 0.5) is 0 Å². The average molecular weight is 327 g/mol. The molecule has 2 heterocycles. The van der Waals surface area contributed by atoms with E-state index < -0.39 is 0 Å². The Balaban J connectivity index is 1.61. The topological polar surface area (TPSA) is 56.2 Å². The van der Waals surface area contributed by atoms with Gasteiger partial charge in [-0.15, -0.1) is 0 Å². The van der Waals surface area contributed by atoms with Crippen LogP contribution in [0.25, 0.3) is 0 Å². The minimum atomic E-state index is -0.0933. The lowest BCUT2D eigenvalue weighted by Gasteiger charge is -2.16. The van der Waals surface area contributed by atoms with Crippen LogP contribution in [0, 0.1) is 0 Å². The summed E-state index contributed by atoms with van der Waals surface area (Å²) in [6, 6.07) is 10.6. The Hall–Kier alpha value is -2.14. The summed E-state index contributed by atoms with van der Waals surface area (Å²) in [5, 5.41) is 7.55. The molecule has 0 saturated carbocycles. The molecule has 5 nitrogen and oxygen atoms in total. The van der Waals surface area contributed by atoms with Crippen LogP contribution in [0.5, 0.6) is 0 Å². The molecule has 5 heteroatoms. The molecular formula is C19H25N3O2. The fraction of sp³-hybridized carbons (Fsp3) is 0.474. The number of carbonyl (C=O) groups excluding carboxylic acids is 1. The van der Waals surface area contributed by atoms with Crippen LogP contribution in [0.15, 0.2) is 30.3 Å². The number of ether oxygens (including phenoxy) is 1. The van der Waals surface area contributed by atoms with Crippen molar-refractivity contribution >= 4 is 5.91 Å². The van der Waals surface area contributed by atoms with E-state index in [-0.39, 0.29) is 11.9 Å². The highest BCUT2D eigenvalue weighted by molar-refractivity contribution is 5.94. The minimum Gasteiger partial charge on any atom is -0.376 e. The van der Waals surface area contributed by atoms with Gasteiger partial charge in [-0.3, -0.25) is 9.48 Å². The highest BCUT2D eigenvalue weighted by atomic mass is 16.5. The number of nitrogens with one attached hydrogen (secondary N) is 1. The molecule has 1 aliphatic heterocycles. The predicted octanol–water partition coefficient (Wildman–Crippen LogP) is 2.90. The summed E-state index contributed by atoms with van der Waals surface area (Å²) >= 11 is 0. The molecule has 0 spiro atoms. The fourth-order valence-electron chi connectivity index (χ4n) is 3.10. The van der Waals surface area contributed by atoms with Crippen LogP contribution >= 0.6 is 0 Å². The van der Waals surface area contributed by atoms with Crippen molar-refractivity contribution in [2.75, 3.05) is 13.2 Å². The molecule has 1 amide bonds. The molecule has 1 N–H and O–H groups in total. The van der Waals surface area contributed by atoms with Gasteiger partial charge in [0.25, 0.3) is 5.91 Å². The summed E-state index contributed by atoms with van der Waals surface area (Å²) in [6.45, 7) is 6.00. The van der Waals surface area contributed by atoms with Gasteiger partial charge in [0, 0.05) is 30.3 Å². The molecule has 128 valence electrons. The minimum absolute atomic E-state index is 0.0933. The number of rotatable bonds is 6. The van der Waals surface area contributed by atoms with Gasteiger partial charge < -0.3 is 10.1 Å².